The van der Waals surface area contributed by atoms with E-state index in [4.69, 9.17) is 0 Å². The highest BCUT2D eigenvalue weighted by Crippen LogP contribution is 2.56. The summed E-state index contributed by atoms with van der Waals surface area (Å²) in [4.78, 5) is 0. The third-order valence-corrected chi connectivity index (χ3v) is 3.05. The summed E-state index contributed by atoms with van der Waals surface area (Å²) in [7, 11) is 0. The molecule has 1 aliphatic rings. The number of alkyl halides is 15. The van der Waals surface area contributed by atoms with E-state index in [9.17, 15) is 65.9 Å². The van der Waals surface area contributed by atoms with E-state index in [1.54, 1.807) is 4.74 Å². The highest BCUT2D eigenvalue weighted by molar-refractivity contribution is 4.99. The molecule has 1 radical (unpaired) electrons. The van der Waals surface area contributed by atoms with Crippen molar-refractivity contribution < 1.29 is 80.1 Å². The monoisotopic (exact) mass is 471 g/mol. The zero-order valence-corrected chi connectivity index (χ0v) is 13.0. The minimum Gasteiger partial charge on any atom is -0.342 e. The second kappa shape index (κ2) is 7.21. The summed E-state index contributed by atoms with van der Waals surface area (Å²) in [6, 6.07) is 0. The number of hydrogen-bond donors (Lipinski definition) is 0. The van der Waals surface area contributed by atoms with Gasteiger partial charge < -0.3 is 4.74 Å². The van der Waals surface area contributed by atoms with E-state index >= 15 is 0 Å². The number of hydrogen-bond acceptors (Lipinski definition) is 3. The Bertz CT molecular complexity index is 581. The Morgan fingerprint density at radius 3 is 1.55 bits per heavy atom. The summed E-state index contributed by atoms with van der Waals surface area (Å²) in [5, 5.41) is 0. The van der Waals surface area contributed by atoms with Crippen LogP contribution in [0.25, 0.3) is 0 Å². The Balaban J connectivity index is 3.07. The fourth-order valence-electron chi connectivity index (χ4n) is 1.48. The van der Waals surface area contributed by atoms with Crippen LogP contribution in [0.1, 0.15) is 6.42 Å². The van der Waals surface area contributed by atoms with Gasteiger partial charge in [0.25, 0.3) is 0 Å². The minimum absolute atomic E-state index is 0.0200. The number of ether oxygens (including phenoxy) is 3. The van der Waals surface area contributed by atoms with E-state index in [1.807, 2.05) is 0 Å². The molecule has 1 rings (SSSR count). The smallest absolute Gasteiger partial charge is 0.342 e. The number of halogens is 15. The lowest BCUT2D eigenvalue weighted by Crippen LogP contribution is -2.64. The molecule has 1 atom stereocenters. The van der Waals surface area contributed by atoms with Crippen LogP contribution in [0.3, 0.4) is 0 Å². The van der Waals surface area contributed by atoms with Crippen molar-refractivity contribution in [3.63, 3.8) is 0 Å². The average molecular weight is 471 g/mol. The molecule has 1 aliphatic heterocycles. The molecular weight excluding hydrogens is 465 g/mol. The zero-order chi connectivity index (χ0) is 23.3. The van der Waals surface area contributed by atoms with E-state index in [-0.39, 0.29) is 6.42 Å². The third-order valence-electron chi connectivity index (χ3n) is 3.05. The maximum atomic E-state index is 13.3. The van der Waals surface area contributed by atoms with Crippen LogP contribution in [0.4, 0.5) is 65.9 Å². The largest absolute Gasteiger partial charge is 0.460 e. The Hall–Kier alpha value is -1.17. The van der Waals surface area contributed by atoms with Gasteiger partial charge in [0.1, 0.15) is 6.61 Å². The van der Waals surface area contributed by atoms with Crippen LogP contribution >= 0.6 is 0 Å². The topological polar surface area (TPSA) is 31.0 Å². The predicted octanol–water partition coefficient (Wildman–Crippen LogP) is 5.22. The Labute approximate surface area is 149 Å². The van der Waals surface area contributed by atoms with Crippen LogP contribution in [-0.4, -0.2) is 55.2 Å². The first-order valence-electron chi connectivity index (χ1n) is 6.66. The molecular formula is C11H6F15O3. The first-order chi connectivity index (χ1) is 12.5. The molecule has 0 aromatic rings. The molecule has 0 amide bonds. The number of epoxide rings is 1. The second-order valence-electron chi connectivity index (χ2n) is 5.33. The summed E-state index contributed by atoms with van der Waals surface area (Å²) >= 11 is 0. The van der Waals surface area contributed by atoms with Gasteiger partial charge in [-0.05, 0) is 0 Å². The molecule has 0 N–H and O–H groups in total. The molecule has 0 aromatic carbocycles. The van der Waals surface area contributed by atoms with E-state index in [2.05, 4.69) is 9.47 Å². The molecule has 18 heteroatoms. The SMILES string of the molecule is FC(F)C[CH][C@]1(OC(F)(F)C(F)(F)OC(F)(F)C(F)(F)C(F)(F)C(F)(F)F)CO1. The van der Waals surface area contributed by atoms with Gasteiger partial charge in [-0.2, -0.15) is 57.1 Å². The lowest BCUT2D eigenvalue weighted by molar-refractivity contribution is -0.530. The Morgan fingerprint density at radius 1 is 0.759 bits per heavy atom. The molecule has 0 bridgehead atoms. The number of rotatable bonds is 10. The van der Waals surface area contributed by atoms with Gasteiger partial charge in [0.05, 0.1) is 0 Å². The zero-order valence-electron chi connectivity index (χ0n) is 13.0. The van der Waals surface area contributed by atoms with Crippen LogP contribution in [0, 0.1) is 6.42 Å². The third kappa shape index (κ3) is 4.95. The standard InChI is InChI=1S/C11H6F15O3/c12-4(13)1-2-5(3-27-5)28-10(23,24)11(25,26)29-9(21,22)7(16,17)6(14,15)8(18,19)20/h2,4H,1,3H2/t5-/m0/s1. The van der Waals surface area contributed by atoms with E-state index in [1.165, 1.54) is 0 Å². The summed E-state index contributed by atoms with van der Waals surface area (Å²) in [5.41, 5.74) is 0. The normalized spacial score (nSPS) is 22.3. The van der Waals surface area contributed by atoms with Crippen molar-refractivity contribution >= 4 is 0 Å². The van der Waals surface area contributed by atoms with E-state index in [0.29, 0.717) is 0 Å². The van der Waals surface area contributed by atoms with Crippen molar-refractivity contribution in [2.45, 2.75) is 55.0 Å². The highest BCUT2D eigenvalue weighted by Gasteiger charge is 2.85. The predicted molar refractivity (Wildman–Crippen MR) is 56.6 cm³/mol. The van der Waals surface area contributed by atoms with Crippen molar-refractivity contribution in [2.24, 2.45) is 0 Å². The van der Waals surface area contributed by atoms with Gasteiger partial charge in [-0.15, -0.1) is 0 Å². The van der Waals surface area contributed by atoms with Crippen LogP contribution in [-0.2, 0) is 14.2 Å². The van der Waals surface area contributed by atoms with Crippen LogP contribution < -0.4 is 0 Å². The first-order valence-corrected chi connectivity index (χ1v) is 6.66. The Kier molecular flexibility index (Phi) is 6.43. The minimum atomic E-state index is -7.78. The molecule has 0 aromatic heterocycles. The summed E-state index contributed by atoms with van der Waals surface area (Å²) < 4.78 is 198. The summed E-state index contributed by atoms with van der Waals surface area (Å²) in [6.07, 6.45) is -33.0. The van der Waals surface area contributed by atoms with Gasteiger partial charge in [-0.25, -0.2) is 13.5 Å². The van der Waals surface area contributed by atoms with E-state index in [0.717, 1.165) is 0 Å². The maximum Gasteiger partial charge on any atom is 0.460 e. The second-order valence-corrected chi connectivity index (χ2v) is 5.33. The molecule has 3 nitrogen and oxygen atoms in total. The molecule has 29 heavy (non-hydrogen) atoms. The molecule has 1 fully saturated rings. The lowest BCUT2D eigenvalue weighted by atomic mass is 10.1. The quantitative estimate of drug-likeness (QED) is 0.324. The summed E-state index contributed by atoms with van der Waals surface area (Å²) in [6.45, 7) is -1.12. The highest BCUT2D eigenvalue weighted by atomic mass is 19.4. The van der Waals surface area contributed by atoms with Gasteiger partial charge in [0.15, 0.2) is 0 Å². The van der Waals surface area contributed by atoms with E-state index < -0.39 is 61.6 Å². The Morgan fingerprint density at radius 2 is 1.21 bits per heavy atom. The van der Waals surface area contributed by atoms with Gasteiger partial charge in [-0.3, -0.25) is 4.74 Å². The van der Waals surface area contributed by atoms with Gasteiger partial charge in [-0.1, -0.05) is 0 Å². The fourth-order valence-corrected chi connectivity index (χ4v) is 1.48. The van der Waals surface area contributed by atoms with Crippen molar-refractivity contribution in [3.05, 3.63) is 6.42 Å². The van der Waals surface area contributed by atoms with Crippen molar-refractivity contribution in [3.8, 4) is 0 Å². The van der Waals surface area contributed by atoms with Gasteiger partial charge in [0, 0.05) is 12.8 Å². The molecule has 1 heterocycles. The molecule has 0 unspecified atom stereocenters. The van der Waals surface area contributed by atoms with Crippen molar-refractivity contribution in [1.29, 1.82) is 0 Å². The average Bonchev–Trinajstić information content (AvgIpc) is 3.21. The van der Waals surface area contributed by atoms with Crippen molar-refractivity contribution in [1.82, 2.24) is 0 Å². The fraction of sp³-hybridized carbons (Fsp3) is 0.909. The lowest BCUT2D eigenvalue weighted by Gasteiger charge is -2.36. The van der Waals surface area contributed by atoms with Crippen LogP contribution in [0.5, 0.6) is 0 Å². The maximum absolute atomic E-state index is 13.3. The molecule has 1 saturated heterocycles. The van der Waals surface area contributed by atoms with Crippen LogP contribution in [0.15, 0.2) is 0 Å². The molecule has 173 valence electrons. The molecule has 0 spiro atoms. The van der Waals surface area contributed by atoms with Crippen LogP contribution in [0.2, 0.25) is 0 Å². The first kappa shape index (κ1) is 25.9. The molecule has 0 saturated carbocycles. The van der Waals surface area contributed by atoms with Crippen molar-refractivity contribution in [2.75, 3.05) is 6.61 Å². The van der Waals surface area contributed by atoms with Gasteiger partial charge >= 0.3 is 36.3 Å². The molecule has 0 aliphatic carbocycles. The summed E-state index contributed by atoms with van der Waals surface area (Å²) in [5.74, 6) is -18.5. The van der Waals surface area contributed by atoms with Gasteiger partial charge in [0.2, 0.25) is 12.2 Å².